The van der Waals surface area contributed by atoms with Gasteiger partial charge in [0.25, 0.3) is 5.91 Å². The molecule has 1 saturated carbocycles. The number of fused-ring (bicyclic) bond motifs is 3. The molecule has 5 atom stereocenters. The van der Waals surface area contributed by atoms with Crippen molar-refractivity contribution in [3.8, 4) is 5.75 Å². The smallest absolute Gasteiger partial charge is 0.264 e. The number of nitrogens with zero attached hydrogens (tertiary/aromatic N) is 1. The van der Waals surface area contributed by atoms with Crippen molar-refractivity contribution in [3.05, 3.63) is 58.1 Å². The second-order valence-electron chi connectivity index (χ2n) is 12.3. The Morgan fingerprint density at radius 2 is 1.85 bits per heavy atom. The predicted molar refractivity (Wildman–Crippen MR) is 158 cm³/mol. The van der Waals surface area contributed by atoms with Crippen LogP contribution in [0.4, 0.5) is 5.69 Å². The molecule has 1 amide bonds. The third-order valence-corrected chi connectivity index (χ3v) is 10.6. The number of anilines is 1. The fraction of sp³-hybridized carbons (Fsp3) is 0.581. The Kier molecular flexibility index (Phi) is 8.98. The SMILES string of the molecule is C[C@@H]1C[C@H](C)C[C@H](O)[C@@H]2CC[C@H]2CN2CCCCc3cc(Cl)ccc3COc3ccc(cc32)C(=O)NS(=O)(=O)C1. The van der Waals surface area contributed by atoms with Gasteiger partial charge in [-0.25, -0.2) is 13.1 Å². The van der Waals surface area contributed by atoms with Gasteiger partial charge < -0.3 is 14.7 Å². The van der Waals surface area contributed by atoms with Crippen LogP contribution in [0.15, 0.2) is 36.4 Å². The van der Waals surface area contributed by atoms with E-state index in [0.717, 1.165) is 56.4 Å². The number of hydrogen-bond acceptors (Lipinski definition) is 6. The lowest BCUT2D eigenvalue weighted by Gasteiger charge is -2.44. The second kappa shape index (κ2) is 12.3. The number of benzene rings is 2. The molecule has 1 fully saturated rings. The molecule has 1 aliphatic carbocycles. The number of hydrogen-bond donors (Lipinski definition) is 2. The Labute approximate surface area is 243 Å². The van der Waals surface area contributed by atoms with Crippen LogP contribution < -0.4 is 14.4 Å². The Hall–Kier alpha value is -2.29. The van der Waals surface area contributed by atoms with Crippen molar-refractivity contribution < 1.29 is 23.1 Å². The molecule has 2 aromatic carbocycles. The minimum atomic E-state index is -3.82. The van der Waals surface area contributed by atoms with Crippen molar-refractivity contribution >= 4 is 33.2 Å². The summed E-state index contributed by atoms with van der Waals surface area (Å²) in [5.41, 5.74) is 3.34. The van der Waals surface area contributed by atoms with Crippen LogP contribution in [0, 0.1) is 23.7 Å². The summed E-state index contributed by atoms with van der Waals surface area (Å²) in [5, 5.41) is 11.9. The lowest BCUT2D eigenvalue weighted by molar-refractivity contribution is 0.000858. The van der Waals surface area contributed by atoms with Crippen LogP contribution in [0.1, 0.15) is 73.9 Å². The lowest BCUT2D eigenvalue weighted by atomic mass is 9.68. The fourth-order valence-electron chi connectivity index (χ4n) is 6.75. The Morgan fingerprint density at radius 3 is 2.62 bits per heavy atom. The molecule has 5 rings (SSSR count). The highest BCUT2D eigenvalue weighted by Gasteiger charge is 2.38. The molecular formula is C31H41ClN2O5S. The maximum absolute atomic E-state index is 13.2. The summed E-state index contributed by atoms with van der Waals surface area (Å²) in [7, 11) is -3.82. The molecule has 40 heavy (non-hydrogen) atoms. The van der Waals surface area contributed by atoms with Crippen molar-refractivity contribution in [2.24, 2.45) is 23.7 Å². The van der Waals surface area contributed by atoms with Gasteiger partial charge in [0, 0.05) is 23.7 Å². The summed E-state index contributed by atoms with van der Waals surface area (Å²) < 4.78 is 34.4. The van der Waals surface area contributed by atoms with E-state index < -0.39 is 22.0 Å². The summed E-state index contributed by atoms with van der Waals surface area (Å²) in [4.78, 5) is 15.5. The monoisotopic (exact) mass is 588 g/mol. The molecule has 0 saturated heterocycles. The molecule has 218 valence electrons. The van der Waals surface area contributed by atoms with Crippen LogP contribution in [-0.2, 0) is 23.1 Å². The van der Waals surface area contributed by atoms with E-state index in [0.29, 0.717) is 36.1 Å². The van der Waals surface area contributed by atoms with E-state index in [-0.39, 0.29) is 29.1 Å². The van der Waals surface area contributed by atoms with Crippen LogP contribution in [0.3, 0.4) is 0 Å². The summed E-state index contributed by atoms with van der Waals surface area (Å²) in [6.07, 6.45) is 5.79. The van der Waals surface area contributed by atoms with Gasteiger partial charge in [-0.3, -0.25) is 4.79 Å². The fourth-order valence-corrected chi connectivity index (χ4v) is 8.31. The minimum Gasteiger partial charge on any atom is -0.487 e. The number of aliphatic hydroxyl groups is 1. The van der Waals surface area contributed by atoms with Gasteiger partial charge in [0.1, 0.15) is 12.4 Å². The van der Waals surface area contributed by atoms with Gasteiger partial charge in [0.15, 0.2) is 0 Å². The van der Waals surface area contributed by atoms with Crippen LogP contribution in [0.5, 0.6) is 5.75 Å². The third-order valence-electron chi connectivity index (χ3n) is 8.86. The topological polar surface area (TPSA) is 95.9 Å². The molecule has 0 radical (unpaired) electrons. The normalized spacial score (nSPS) is 29.4. The number of nitrogens with one attached hydrogen (secondary N) is 1. The van der Waals surface area contributed by atoms with E-state index in [1.807, 2.05) is 25.1 Å². The first-order valence-corrected chi connectivity index (χ1v) is 16.6. The summed E-state index contributed by atoms with van der Waals surface area (Å²) in [6, 6.07) is 11.1. The van der Waals surface area contributed by atoms with E-state index in [4.69, 9.17) is 16.3 Å². The van der Waals surface area contributed by atoms with Crippen molar-refractivity contribution in [2.75, 3.05) is 23.7 Å². The molecule has 3 aliphatic rings. The zero-order valence-corrected chi connectivity index (χ0v) is 25.0. The van der Waals surface area contributed by atoms with Gasteiger partial charge in [-0.05, 0) is 110 Å². The van der Waals surface area contributed by atoms with Gasteiger partial charge in [0.05, 0.1) is 17.5 Å². The van der Waals surface area contributed by atoms with Crippen LogP contribution in [0.2, 0.25) is 5.02 Å². The molecule has 2 N–H and O–H groups in total. The van der Waals surface area contributed by atoms with Gasteiger partial charge in [-0.2, -0.15) is 0 Å². The largest absolute Gasteiger partial charge is 0.487 e. The molecular weight excluding hydrogens is 548 g/mol. The number of amides is 1. The molecule has 2 aromatic rings. The summed E-state index contributed by atoms with van der Waals surface area (Å²) in [5.74, 6) is 0.518. The van der Waals surface area contributed by atoms with E-state index in [9.17, 15) is 18.3 Å². The number of carbonyl (C=O) groups is 1. The summed E-state index contributed by atoms with van der Waals surface area (Å²) in [6.45, 7) is 5.86. The first kappa shape index (κ1) is 29.2. The van der Waals surface area contributed by atoms with Gasteiger partial charge >= 0.3 is 0 Å². The zero-order chi connectivity index (χ0) is 28.4. The van der Waals surface area contributed by atoms with Crippen LogP contribution in [0.25, 0.3) is 0 Å². The van der Waals surface area contributed by atoms with Crippen molar-refractivity contribution in [1.29, 1.82) is 0 Å². The predicted octanol–water partition coefficient (Wildman–Crippen LogP) is 5.57. The average Bonchev–Trinajstić information content (AvgIpc) is 2.88. The van der Waals surface area contributed by atoms with Gasteiger partial charge in [-0.15, -0.1) is 0 Å². The molecule has 0 aromatic heterocycles. The van der Waals surface area contributed by atoms with Gasteiger partial charge in [0.2, 0.25) is 10.0 Å². The number of aryl methyl sites for hydroxylation is 1. The van der Waals surface area contributed by atoms with Crippen molar-refractivity contribution in [2.45, 2.75) is 71.5 Å². The average molecular weight is 589 g/mol. The number of carbonyl (C=O) groups excluding carboxylic acids is 1. The maximum atomic E-state index is 13.2. The second-order valence-corrected chi connectivity index (χ2v) is 14.5. The Balaban J connectivity index is 1.52. The molecule has 0 unspecified atom stereocenters. The first-order valence-electron chi connectivity index (χ1n) is 14.6. The molecule has 9 heteroatoms. The maximum Gasteiger partial charge on any atom is 0.264 e. The molecule has 2 aliphatic heterocycles. The van der Waals surface area contributed by atoms with Crippen molar-refractivity contribution in [3.63, 3.8) is 0 Å². The number of ether oxygens (including phenoxy) is 1. The molecule has 0 spiro atoms. The van der Waals surface area contributed by atoms with E-state index >= 15 is 0 Å². The third kappa shape index (κ3) is 6.94. The molecule has 2 heterocycles. The standard InChI is InChI=1S/C31H41ClN2O5S/c1-20-13-21(2)19-40(37,38)33-31(36)23-8-11-30-28(16-23)34(17-24-7-10-27(24)29(35)14-20)12-4-3-5-22-15-26(32)9-6-25(22)18-39-30/h6,8-9,11,15-16,20-21,24,27,29,35H,3-5,7,10,12-14,17-19H2,1-2H3,(H,33,36)/t20-,21+,24-,27+,29-/m0/s1. The van der Waals surface area contributed by atoms with Crippen molar-refractivity contribution in [1.82, 2.24) is 4.72 Å². The van der Waals surface area contributed by atoms with Crippen LogP contribution in [-0.4, -0.2) is 44.4 Å². The van der Waals surface area contributed by atoms with E-state index in [2.05, 4.69) is 16.5 Å². The molecule has 7 nitrogen and oxygen atoms in total. The van der Waals surface area contributed by atoms with Gasteiger partial charge in [-0.1, -0.05) is 31.5 Å². The number of rotatable bonds is 0. The zero-order valence-electron chi connectivity index (χ0n) is 23.4. The number of halogens is 1. The lowest BCUT2D eigenvalue weighted by Crippen LogP contribution is -2.44. The molecule has 2 bridgehead atoms. The van der Waals surface area contributed by atoms with Crippen LogP contribution >= 0.6 is 11.6 Å². The number of aliphatic hydroxyl groups excluding tert-OH is 1. The van der Waals surface area contributed by atoms with E-state index in [1.165, 1.54) is 5.56 Å². The highest BCUT2D eigenvalue weighted by Crippen LogP contribution is 2.42. The Morgan fingerprint density at radius 1 is 1.02 bits per heavy atom. The minimum absolute atomic E-state index is 0.130. The first-order chi connectivity index (χ1) is 19.1. The number of sulfonamides is 1. The highest BCUT2D eigenvalue weighted by molar-refractivity contribution is 7.90. The van der Waals surface area contributed by atoms with E-state index in [1.54, 1.807) is 18.2 Å². The quantitative estimate of drug-likeness (QED) is 0.417. The Bertz CT molecular complexity index is 1330. The highest BCUT2D eigenvalue weighted by atomic mass is 35.5. The summed E-state index contributed by atoms with van der Waals surface area (Å²) >= 11 is 6.30.